The molecule has 0 heterocycles. The number of esters is 1. The lowest BCUT2D eigenvalue weighted by Crippen LogP contribution is -2.26. The molecule has 0 unspecified atom stereocenters. The first-order valence-corrected chi connectivity index (χ1v) is 9.04. The molecule has 1 rings (SSSR count). The van der Waals surface area contributed by atoms with E-state index in [0.29, 0.717) is 6.42 Å². The Bertz CT molecular complexity index is 594. The predicted molar refractivity (Wildman–Crippen MR) is 85.3 cm³/mol. The lowest BCUT2D eigenvalue weighted by Gasteiger charge is -2.06. The number of rotatable bonds is 10. The van der Waals surface area contributed by atoms with Crippen LogP contribution in [-0.2, 0) is 24.4 Å². The molecule has 0 aliphatic carbocycles. The minimum atomic E-state index is -4.46. The van der Waals surface area contributed by atoms with E-state index in [1.165, 1.54) is 12.1 Å². The van der Waals surface area contributed by atoms with Gasteiger partial charge in [-0.15, -0.1) is 0 Å². The van der Waals surface area contributed by atoms with E-state index in [2.05, 4.69) is 15.8 Å². The Labute approximate surface area is 136 Å². The van der Waals surface area contributed by atoms with E-state index in [1.54, 1.807) is 18.2 Å². The van der Waals surface area contributed by atoms with Crippen LogP contribution in [0.5, 0.6) is 5.75 Å². The van der Waals surface area contributed by atoms with Gasteiger partial charge in [0, 0.05) is 6.42 Å². The van der Waals surface area contributed by atoms with Gasteiger partial charge < -0.3 is 8.92 Å². The molecule has 0 aromatic heterocycles. The third kappa shape index (κ3) is 7.78. The summed E-state index contributed by atoms with van der Waals surface area (Å²) in [6, 6.07) is 7.66. The summed E-state index contributed by atoms with van der Waals surface area (Å²) in [7, 11) is -4.46. The molecule has 0 spiro atoms. The summed E-state index contributed by atoms with van der Waals surface area (Å²) in [6.07, 6.45) is 5.02. The lowest BCUT2D eigenvalue weighted by molar-refractivity contribution is -0.146. The van der Waals surface area contributed by atoms with Crippen LogP contribution in [0.1, 0.15) is 45.4 Å². The van der Waals surface area contributed by atoms with Crippen molar-refractivity contribution in [2.75, 3.05) is 6.61 Å². The fourth-order valence-electron chi connectivity index (χ4n) is 1.81. The Balaban J connectivity index is 2.33. The molecule has 0 saturated heterocycles. The molecule has 128 valence electrons. The maximum Gasteiger partial charge on any atom is 0.377 e. The molecule has 0 amide bonds. The van der Waals surface area contributed by atoms with Crippen LogP contribution in [0.2, 0.25) is 0 Å². The summed E-state index contributed by atoms with van der Waals surface area (Å²) >= 11 is 0. The van der Waals surface area contributed by atoms with Gasteiger partial charge in [-0.2, -0.15) is 8.42 Å². The van der Waals surface area contributed by atoms with E-state index >= 15 is 0 Å². The van der Waals surface area contributed by atoms with Crippen molar-refractivity contribution in [3.63, 3.8) is 0 Å². The van der Waals surface area contributed by atoms with Crippen molar-refractivity contribution in [1.29, 1.82) is 0 Å². The quantitative estimate of drug-likeness (QED) is 0.369. The Hall–Kier alpha value is -1.89. The first kappa shape index (κ1) is 19.2. The van der Waals surface area contributed by atoms with Gasteiger partial charge in [0.25, 0.3) is 0 Å². The number of hydrogen-bond donors (Lipinski definition) is 0. The summed E-state index contributed by atoms with van der Waals surface area (Å²) in [5.74, 6) is -0.548. The Morgan fingerprint density at radius 3 is 2.30 bits per heavy atom. The van der Waals surface area contributed by atoms with Crippen molar-refractivity contribution in [2.24, 2.45) is 0 Å². The van der Waals surface area contributed by atoms with Gasteiger partial charge in [0.15, 0.2) is 6.61 Å². The average Bonchev–Trinajstić information content (AvgIpc) is 2.53. The zero-order valence-electron chi connectivity index (χ0n) is 13.2. The van der Waals surface area contributed by atoms with Crippen LogP contribution < -0.4 is 4.18 Å². The van der Waals surface area contributed by atoms with E-state index in [1.807, 2.05) is 0 Å². The second-order valence-electron chi connectivity index (χ2n) is 5.05. The van der Waals surface area contributed by atoms with E-state index in [9.17, 15) is 18.0 Å². The third-order valence-electron chi connectivity index (χ3n) is 3.06. The fraction of sp³-hybridized carbons (Fsp3) is 0.500. The highest BCUT2D eigenvalue weighted by atomic mass is 32.2. The Kier molecular flexibility index (Phi) is 8.32. The van der Waals surface area contributed by atoms with Gasteiger partial charge in [-0.05, 0) is 18.6 Å². The largest absolute Gasteiger partial charge is 0.456 e. The van der Waals surface area contributed by atoms with Gasteiger partial charge in [0.1, 0.15) is 5.75 Å². The number of carbonyl (C=O) groups excluding carboxylic acids is 2. The molecule has 0 radical (unpaired) electrons. The van der Waals surface area contributed by atoms with Crippen molar-refractivity contribution >= 4 is 21.2 Å². The average molecular weight is 342 g/mol. The van der Waals surface area contributed by atoms with E-state index in [-0.39, 0.29) is 12.2 Å². The monoisotopic (exact) mass is 342 g/mol. The van der Waals surface area contributed by atoms with Crippen molar-refractivity contribution in [1.82, 2.24) is 0 Å². The zero-order chi connectivity index (χ0) is 17.1. The summed E-state index contributed by atoms with van der Waals surface area (Å²) < 4.78 is 32.7. The van der Waals surface area contributed by atoms with E-state index in [4.69, 9.17) is 0 Å². The molecule has 1 aromatic carbocycles. The topological polar surface area (TPSA) is 86.7 Å². The minimum absolute atomic E-state index is 0.0306. The fourth-order valence-corrected chi connectivity index (χ4v) is 2.47. The zero-order valence-corrected chi connectivity index (χ0v) is 14.0. The van der Waals surface area contributed by atoms with Crippen LogP contribution in [0.4, 0.5) is 0 Å². The number of carbonyl (C=O) groups is 2. The standard InChI is InChI=1S/C16H22O6S/c1-2-3-4-5-9-12-15(17)21-13-16(18)23(19,20)22-14-10-7-6-8-11-14/h6-8,10-11H,2-5,9,12-13H2,1H3. The summed E-state index contributed by atoms with van der Waals surface area (Å²) in [5.41, 5.74) is 0. The molecular formula is C16H22O6S. The molecular weight excluding hydrogens is 320 g/mol. The molecule has 0 atom stereocenters. The summed E-state index contributed by atoms with van der Waals surface area (Å²) in [6.45, 7) is 1.26. The first-order chi connectivity index (χ1) is 11.0. The van der Waals surface area contributed by atoms with Gasteiger partial charge in [-0.3, -0.25) is 9.59 Å². The number of hydrogen-bond acceptors (Lipinski definition) is 6. The summed E-state index contributed by atoms with van der Waals surface area (Å²) in [4.78, 5) is 23.1. The summed E-state index contributed by atoms with van der Waals surface area (Å²) in [5, 5.41) is -1.28. The van der Waals surface area contributed by atoms with Gasteiger partial charge in [0.05, 0.1) is 0 Å². The van der Waals surface area contributed by atoms with Gasteiger partial charge in [-0.25, -0.2) is 0 Å². The molecule has 7 heteroatoms. The van der Waals surface area contributed by atoms with E-state index < -0.39 is 27.8 Å². The predicted octanol–water partition coefficient (Wildman–Crippen LogP) is 2.83. The molecule has 0 aliphatic heterocycles. The normalized spacial score (nSPS) is 11.0. The van der Waals surface area contributed by atoms with E-state index in [0.717, 1.165) is 25.7 Å². The van der Waals surface area contributed by atoms with Crippen molar-refractivity contribution < 1.29 is 26.9 Å². The molecule has 0 N–H and O–H groups in total. The van der Waals surface area contributed by atoms with Crippen LogP contribution >= 0.6 is 0 Å². The second-order valence-corrected chi connectivity index (χ2v) is 6.58. The number of unbranched alkanes of at least 4 members (excludes halogenated alkanes) is 4. The molecule has 0 fully saturated rings. The van der Waals surface area contributed by atoms with Gasteiger partial charge >= 0.3 is 21.2 Å². The highest BCUT2D eigenvalue weighted by molar-refractivity contribution is 8.02. The lowest BCUT2D eigenvalue weighted by atomic mass is 10.1. The smallest absolute Gasteiger partial charge is 0.377 e. The molecule has 0 saturated carbocycles. The van der Waals surface area contributed by atoms with Crippen LogP contribution in [0.3, 0.4) is 0 Å². The first-order valence-electron chi connectivity index (χ1n) is 7.63. The minimum Gasteiger partial charge on any atom is -0.456 e. The molecule has 1 aromatic rings. The van der Waals surface area contributed by atoms with Crippen LogP contribution in [0.15, 0.2) is 30.3 Å². The van der Waals surface area contributed by atoms with Crippen molar-refractivity contribution in [3.05, 3.63) is 30.3 Å². The SMILES string of the molecule is CCCCCCCC(=O)OCC(=O)S(=O)(=O)Oc1ccccc1. The highest BCUT2D eigenvalue weighted by Crippen LogP contribution is 2.12. The Morgan fingerprint density at radius 1 is 1.00 bits per heavy atom. The molecule has 0 bridgehead atoms. The third-order valence-corrected chi connectivity index (χ3v) is 4.15. The maximum atomic E-state index is 11.7. The second kappa shape index (κ2) is 9.99. The maximum absolute atomic E-state index is 11.7. The van der Waals surface area contributed by atoms with Gasteiger partial charge in [-0.1, -0.05) is 50.8 Å². The molecule has 23 heavy (non-hydrogen) atoms. The van der Waals surface area contributed by atoms with Crippen LogP contribution in [0.25, 0.3) is 0 Å². The molecule has 0 aliphatic rings. The van der Waals surface area contributed by atoms with Crippen LogP contribution in [-0.4, -0.2) is 26.1 Å². The highest BCUT2D eigenvalue weighted by Gasteiger charge is 2.25. The van der Waals surface area contributed by atoms with Crippen molar-refractivity contribution in [3.8, 4) is 5.75 Å². The Morgan fingerprint density at radius 2 is 1.65 bits per heavy atom. The molecule has 6 nitrogen and oxygen atoms in total. The number of para-hydroxylation sites is 1. The van der Waals surface area contributed by atoms with Gasteiger partial charge in [0.2, 0.25) is 0 Å². The number of ether oxygens (including phenoxy) is 1. The van der Waals surface area contributed by atoms with Crippen LogP contribution in [0, 0.1) is 0 Å². The van der Waals surface area contributed by atoms with Crippen molar-refractivity contribution in [2.45, 2.75) is 45.4 Å². The number of benzene rings is 1.